The number of hydrogen-bond donors (Lipinski definition) is 8. The van der Waals surface area contributed by atoms with Crippen LogP contribution in [0.1, 0.15) is 24.8 Å². The number of amides is 6. The van der Waals surface area contributed by atoms with E-state index in [0.717, 1.165) is 0 Å². The van der Waals surface area contributed by atoms with Gasteiger partial charge in [0, 0.05) is 6.42 Å². The molecule has 0 bridgehead atoms. The first-order valence-electron chi connectivity index (χ1n) is 12.1. The van der Waals surface area contributed by atoms with Crippen LogP contribution in [-0.2, 0) is 40.0 Å². The van der Waals surface area contributed by atoms with Gasteiger partial charge in [-0.1, -0.05) is 30.3 Å². The Hall–Kier alpha value is -4.18. The second kappa shape index (κ2) is 17.4. The first-order chi connectivity index (χ1) is 18.8. The van der Waals surface area contributed by atoms with Crippen molar-refractivity contribution in [2.75, 3.05) is 18.6 Å². The van der Waals surface area contributed by atoms with Crippen LogP contribution in [0.5, 0.6) is 0 Å². The molecule has 0 aromatic heterocycles. The summed E-state index contributed by atoms with van der Waals surface area (Å²) in [7, 11) is 0. The second-order valence-corrected chi connectivity index (χ2v) is 9.70. The van der Waals surface area contributed by atoms with Gasteiger partial charge in [-0.2, -0.15) is 11.8 Å². The molecule has 220 valence electrons. The molecule has 15 nitrogen and oxygen atoms in total. The fourth-order valence-electron chi connectivity index (χ4n) is 3.36. The minimum Gasteiger partial charge on any atom is -0.480 e. The molecule has 11 N–H and O–H groups in total. The van der Waals surface area contributed by atoms with Crippen LogP contribution in [0.4, 0.5) is 0 Å². The largest absolute Gasteiger partial charge is 0.480 e. The SMILES string of the molecule is CSCC[C@H](NC(=O)CNC(=O)[C@H](Cc1ccccc1)NC(=O)[C@@H](N)CC(N)=O)C(=O)N[C@@H](CC(N)=O)C(=O)O. The fourth-order valence-corrected chi connectivity index (χ4v) is 3.83. The summed E-state index contributed by atoms with van der Waals surface area (Å²) in [6, 6.07) is 3.47. The lowest BCUT2D eigenvalue weighted by Gasteiger charge is -2.22. The Bertz CT molecular complexity index is 1070. The van der Waals surface area contributed by atoms with Gasteiger partial charge < -0.3 is 43.6 Å². The molecular formula is C24H35N7O8S. The second-order valence-electron chi connectivity index (χ2n) is 8.72. The van der Waals surface area contributed by atoms with Crippen LogP contribution in [0, 0.1) is 0 Å². The van der Waals surface area contributed by atoms with Crippen LogP contribution in [0.25, 0.3) is 0 Å². The Morgan fingerprint density at radius 3 is 1.98 bits per heavy atom. The molecular weight excluding hydrogens is 546 g/mol. The van der Waals surface area contributed by atoms with E-state index in [9.17, 15) is 38.7 Å². The van der Waals surface area contributed by atoms with E-state index >= 15 is 0 Å². The smallest absolute Gasteiger partial charge is 0.326 e. The van der Waals surface area contributed by atoms with Crippen LogP contribution < -0.4 is 38.5 Å². The van der Waals surface area contributed by atoms with Crippen molar-refractivity contribution in [3.63, 3.8) is 0 Å². The molecule has 0 saturated carbocycles. The quantitative estimate of drug-likeness (QED) is 0.0856. The summed E-state index contributed by atoms with van der Waals surface area (Å²) in [4.78, 5) is 84.2. The zero-order chi connectivity index (χ0) is 30.2. The van der Waals surface area contributed by atoms with Gasteiger partial charge in [-0.25, -0.2) is 4.79 Å². The monoisotopic (exact) mass is 581 g/mol. The Labute approximate surface area is 234 Å². The molecule has 0 unspecified atom stereocenters. The van der Waals surface area contributed by atoms with Crippen molar-refractivity contribution < 1.29 is 38.7 Å². The number of nitrogens with two attached hydrogens (primary N) is 3. The summed E-state index contributed by atoms with van der Waals surface area (Å²) in [5.74, 6) is -5.94. The Morgan fingerprint density at radius 1 is 0.825 bits per heavy atom. The molecule has 0 aliphatic carbocycles. The predicted molar refractivity (Wildman–Crippen MR) is 145 cm³/mol. The normalized spacial score (nSPS) is 13.6. The summed E-state index contributed by atoms with van der Waals surface area (Å²) in [5, 5.41) is 18.7. The number of carboxylic acid groups (broad SMARTS) is 1. The number of carbonyl (C=O) groups is 7. The summed E-state index contributed by atoms with van der Waals surface area (Å²) in [5.41, 5.74) is 16.5. The van der Waals surface area contributed by atoms with Crippen molar-refractivity contribution in [1.82, 2.24) is 21.3 Å². The Morgan fingerprint density at radius 2 is 1.43 bits per heavy atom. The number of benzene rings is 1. The number of carboxylic acids is 1. The molecule has 0 spiro atoms. The van der Waals surface area contributed by atoms with E-state index in [1.54, 1.807) is 36.6 Å². The van der Waals surface area contributed by atoms with Gasteiger partial charge in [0.25, 0.3) is 0 Å². The Balaban J connectivity index is 2.89. The zero-order valence-electron chi connectivity index (χ0n) is 21.9. The van der Waals surface area contributed by atoms with Gasteiger partial charge in [-0.3, -0.25) is 28.8 Å². The summed E-state index contributed by atoms with van der Waals surface area (Å²) < 4.78 is 0. The third-order valence-electron chi connectivity index (χ3n) is 5.38. The summed E-state index contributed by atoms with van der Waals surface area (Å²) in [6.45, 7) is -0.583. The van der Waals surface area contributed by atoms with Crippen molar-refractivity contribution >= 4 is 53.2 Å². The standard InChI is InChI=1S/C24H35N7O8S/c1-40-8-7-15(23(37)31-17(24(38)39)11-19(27)33)29-20(34)12-28-22(36)16(9-13-5-3-2-4-6-13)30-21(35)14(25)10-18(26)32/h2-6,14-17H,7-12,25H2,1H3,(H2,26,32)(H2,27,33)(H,28,36)(H,29,34)(H,30,35)(H,31,37)(H,38,39)/t14-,15-,16-,17-/m0/s1. The lowest BCUT2D eigenvalue weighted by atomic mass is 10.0. The molecule has 1 aromatic rings. The van der Waals surface area contributed by atoms with E-state index < -0.39 is 85.0 Å². The molecule has 1 aromatic carbocycles. The fraction of sp³-hybridized carbons (Fsp3) is 0.458. The average molecular weight is 582 g/mol. The highest BCUT2D eigenvalue weighted by molar-refractivity contribution is 7.98. The van der Waals surface area contributed by atoms with Crippen molar-refractivity contribution in [3.05, 3.63) is 35.9 Å². The molecule has 0 saturated heterocycles. The van der Waals surface area contributed by atoms with E-state index in [1.807, 2.05) is 0 Å². The molecule has 0 heterocycles. The minimum absolute atomic E-state index is 0.0402. The highest BCUT2D eigenvalue weighted by atomic mass is 32.2. The molecule has 6 amide bonds. The van der Waals surface area contributed by atoms with E-state index in [2.05, 4.69) is 21.3 Å². The van der Waals surface area contributed by atoms with Crippen LogP contribution in [-0.4, -0.2) is 89.2 Å². The van der Waals surface area contributed by atoms with Gasteiger partial charge in [0.15, 0.2) is 0 Å². The first-order valence-corrected chi connectivity index (χ1v) is 13.5. The van der Waals surface area contributed by atoms with Gasteiger partial charge in [-0.15, -0.1) is 0 Å². The van der Waals surface area contributed by atoms with Gasteiger partial charge in [-0.05, 0) is 24.0 Å². The van der Waals surface area contributed by atoms with E-state index in [0.29, 0.717) is 11.3 Å². The lowest BCUT2D eigenvalue weighted by Crippen LogP contribution is -2.56. The van der Waals surface area contributed by atoms with Crippen LogP contribution in [0.15, 0.2) is 30.3 Å². The number of carbonyl (C=O) groups excluding carboxylic acids is 6. The van der Waals surface area contributed by atoms with Crippen LogP contribution >= 0.6 is 11.8 Å². The zero-order valence-corrected chi connectivity index (χ0v) is 22.7. The topological polar surface area (TPSA) is 266 Å². The van der Waals surface area contributed by atoms with E-state index in [4.69, 9.17) is 17.2 Å². The molecule has 1 rings (SSSR count). The van der Waals surface area contributed by atoms with Crippen LogP contribution in [0.2, 0.25) is 0 Å². The number of aliphatic carboxylic acids is 1. The molecule has 40 heavy (non-hydrogen) atoms. The maximum Gasteiger partial charge on any atom is 0.326 e. The van der Waals surface area contributed by atoms with Crippen LogP contribution in [0.3, 0.4) is 0 Å². The van der Waals surface area contributed by atoms with Gasteiger partial charge in [0.05, 0.1) is 25.4 Å². The molecule has 0 aliphatic rings. The Kier molecular flexibility index (Phi) is 14.7. The van der Waals surface area contributed by atoms with Crippen molar-refractivity contribution in [2.24, 2.45) is 17.2 Å². The van der Waals surface area contributed by atoms with E-state index in [1.165, 1.54) is 11.8 Å². The molecule has 16 heteroatoms. The first kappa shape index (κ1) is 33.8. The summed E-state index contributed by atoms with van der Waals surface area (Å²) >= 11 is 1.37. The predicted octanol–water partition coefficient (Wildman–Crippen LogP) is -3.28. The molecule has 4 atom stereocenters. The van der Waals surface area contributed by atoms with Gasteiger partial charge in [0.2, 0.25) is 35.4 Å². The molecule has 0 radical (unpaired) electrons. The van der Waals surface area contributed by atoms with Crippen molar-refractivity contribution in [2.45, 2.75) is 49.9 Å². The third kappa shape index (κ3) is 13.1. The van der Waals surface area contributed by atoms with E-state index in [-0.39, 0.29) is 12.8 Å². The average Bonchev–Trinajstić information content (AvgIpc) is 2.88. The maximum atomic E-state index is 12.9. The third-order valence-corrected chi connectivity index (χ3v) is 6.02. The summed E-state index contributed by atoms with van der Waals surface area (Å²) in [6.07, 6.45) is 0.854. The molecule has 0 fully saturated rings. The minimum atomic E-state index is -1.58. The number of primary amides is 2. The highest BCUT2D eigenvalue weighted by Crippen LogP contribution is 2.05. The van der Waals surface area contributed by atoms with Crippen molar-refractivity contribution in [3.8, 4) is 0 Å². The van der Waals surface area contributed by atoms with Crippen molar-refractivity contribution in [1.29, 1.82) is 0 Å². The maximum absolute atomic E-state index is 12.9. The number of thioether (sulfide) groups is 1. The lowest BCUT2D eigenvalue weighted by molar-refractivity contribution is -0.143. The van der Waals surface area contributed by atoms with Gasteiger partial charge in [0.1, 0.15) is 18.1 Å². The number of rotatable bonds is 18. The van der Waals surface area contributed by atoms with Gasteiger partial charge >= 0.3 is 5.97 Å². The number of hydrogen-bond acceptors (Lipinski definition) is 9. The number of nitrogens with one attached hydrogen (secondary N) is 4. The highest BCUT2D eigenvalue weighted by Gasteiger charge is 2.29. The molecule has 0 aliphatic heterocycles.